The summed E-state index contributed by atoms with van der Waals surface area (Å²) in [4.78, 5) is 9.69. The molecule has 0 amide bonds. The highest BCUT2D eigenvalue weighted by Gasteiger charge is 2.31. The number of thiophene rings is 1. The van der Waals surface area contributed by atoms with Crippen LogP contribution < -0.4 is 5.19 Å². The van der Waals surface area contributed by atoms with Crippen LogP contribution in [0.4, 0.5) is 0 Å². The number of rotatable bonds is 6. The molecule has 5 rings (SSSR count). The lowest BCUT2D eigenvalue weighted by atomic mass is 9.86. The number of nitrogens with zero attached hydrogens (tertiary/aromatic N) is 2. The molecule has 0 saturated carbocycles. The van der Waals surface area contributed by atoms with Gasteiger partial charge >= 0.3 is 0 Å². The minimum absolute atomic E-state index is 0.260. The largest absolute Gasteiger partial charge is 0.235 e. The monoisotopic (exact) mass is 510 g/mol. The van der Waals surface area contributed by atoms with Crippen LogP contribution in [0.25, 0.3) is 42.3 Å². The summed E-state index contributed by atoms with van der Waals surface area (Å²) in [6.45, 7) is 16.4. The standard InChI is InChI=1S/C32H38N2SSi/c1-8-36(9-2,10-3)28-18-23(16-22-13-11-12-14-25(22)28)29-31-30(34-20-33-29)26-15-21(4)24(17-27(26)35-31)19-32(5,6)7/h11-18,20H,8-10,19H2,1-7H3. The summed E-state index contributed by atoms with van der Waals surface area (Å²) < 4.78 is 2.52. The van der Waals surface area contributed by atoms with Gasteiger partial charge in [-0.25, -0.2) is 9.97 Å². The Morgan fingerprint density at radius 3 is 2.28 bits per heavy atom. The van der Waals surface area contributed by atoms with Gasteiger partial charge in [-0.05, 0) is 58.9 Å². The Hall–Kier alpha value is -2.56. The summed E-state index contributed by atoms with van der Waals surface area (Å²) in [5.74, 6) is 0. The van der Waals surface area contributed by atoms with Crippen LogP contribution in [-0.2, 0) is 6.42 Å². The number of aromatic nitrogens is 2. The molecule has 5 aromatic rings. The zero-order valence-corrected chi connectivity index (χ0v) is 24.6. The van der Waals surface area contributed by atoms with E-state index in [9.17, 15) is 0 Å². The molecular weight excluding hydrogens is 473 g/mol. The SMILES string of the molecule is CC[Si](CC)(CC)c1cc(-c2ncnc3c2sc2cc(CC(C)(C)C)c(C)cc23)cc2ccccc12. The van der Waals surface area contributed by atoms with Gasteiger partial charge in [-0.15, -0.1) is 11.3 Å². The van der Waals surface area contributed by atoms with E-state index in [4.69, 9.17) is 9.97 Å². The molecule has 4 heteroatoms. The molecule has 0 aliphatic carbocycles. The van der Waals surface area contributed by atoms with E-state index in [0.717, 1.165) is 17.6 Å². The van der Waals surface area contributed by atoms with Gasteiger partial charge in [0.1, 0.15) is 6.33 Å². The van der Waals surface area contributed by atoms with Crippen molar-refractivity contribution in [2.75, 3.05) is 0 Å². The van der Waals surface area contributed by atoms with Crippen LogP contribution >= 0.6 is 11.3 Å². The summed E-state index contributed by atoms with van der Waals surface area (Å²) in [6, 6.07) is 22.4. The third-order valence-corrected chi connectivity index (χ3v) is 14.9. The molecule has 2 heterocycles. The van der Waals surface area contributed by atoms with Crippen molar-refractivity contribution in [2.45, 2.75) is 73.0 Å². The van der Waals surface area contributed by atoms with E-state index >= 15 is 0 Å². The molecule has 0 bridgehead atoms. The molecule has 2 nitrogen and oxygen atoms in total. The van der Waals surface area contributed by atoms with Gasteiger partial charge in [-0.3, -0.25) is 0 Å². The van der Waals surface area contributed by atoms with E-state index in [-0.39, 0.29) is 5.41 Å². The molecule has 0 fully saturated rings. The van der Waals surface area contributed by atoms with Gasteiger partial charge in [0, 0.05) is 15.6 Å². The van der Waals surface area contributed by atoms with Crippen molar-refractivity contribution in [3.8, 4) is 11.3 Å². The molecule has 0 N–H and O–H groups in total. The Morgan fingerprint density at radius 2 is 1.58 bits per heavy atom. The predicted molar refractivity (Wildman–Crippen MR) is 163 cm³/mol. The second-order valence-electron chi connectivity index (χ2n) is 11.6. The fourth-order valence-electron chi connectivity index (χ4n) is 5.95. The summed E-state index contributed by atoms with van der Waals surface area (Å²) >= 11 is 1.85. The first-order valence-electron chi connectivity index (χ1n) is 13.4. The average Bonchev–Trinajstić information content (AvgIpc) is 3.22. The van der Waals surface area contributed by atoms with Crippen LogP contribution in [0.3, 0.4) is 0 Å². The Labute approximate surface area is 220 Å². The van der Waals surface area contributed by atoms with Crippen molar-refractivity contribution >= 4 is 55.7 Å². The second kappa shape index (κ2) is 9.39. The van der Waals surface area contributed by atoms with E-state index in [1.54, 1.807) is 11.5 Å². The molecule has 0 atom stereocenters. The topological polar surface area (TPSA) is 25.8 Å². The Morgan fingerprint density at radius 1 is 0.861 bits per heavy atom. The van der Waals surface area contributed by atoms with E-state index < -0.39 is 8.07 Å². The van der Waals surface area contributed by atoms with Crippen molar-refractivity contribution in [1.82, 2.24) is 9.97 Å². The van der Waals surface area contributed by atoms with E-state index in [1.807, 2.05) is 11.3 Å². The van der Waals surface area contributed by atoms with Crippen molar-refractivity contribution in [3.63, 3.8) is 0 Å². The normalized spacial score (nSPS) is 12.8. The van der Waals surface area contributed by atoms with Gasteiger partial charge in [0.25, 0.3) is 0 Å². The molecule has 0 aliphatic heterocycles. The molecule has 0 radical (unpaired) electrons. The van der Waals surface area contributed by atoms with Crippen LogP contribution in [0.2, 0.25) is 18.1 Å². The van der Waals surface area contributed by atoms with Crippen LogP contribution in [0.1, 0.15) is 52.7 Å². The van der Waals surface area contributed by atoms with Crippen LogP contribution in [-0.4, -0.2) is 18.0 Å². The van der Waals surface area contributed by atoms with Gasteiger partial charge in [0.2, 0.25) is 0 Å². The maximum Gasteiger partial charge on any atom is 0.116 e. The molecule has 0 unspecified atom stereocenters. The maximum atomic E-state index is 4.90. The number of hydrogen-bond acceptors (Lipinski definition) is 3. The molecular formula is C32H38N2SSi. The minimum atomic E-state index is -1.60. The smallest absolute Gasteiger partial charge is 0.116 e. The Kier molecular flexibility index (Phi) is 6.55. The molecule has 2 aromatic heterocycles. The lowest BCUT2D eigenvalue weighted by Gasteiger charge is -2.30. The van der Waals surface area contributed by atoms with Gasteiger partial charge in [-0.1, -0.05) is 95.2 Å². The van der Waals surface area contributed by atoms with E-state index in [1.165, 1.54) is 60.4 Å². The molecule has 3 aromatic carbocycles. The molecule has 186 valence electrons. The minimum Gasteiger partial charge on any atom is -0.235 e. The van der Waals surface area contributed by atoms with Gasteiger partial charge < -0.3 is 0 Å². The van der Waals surface area contributed by atoms with Crippen LogP contribution in [0, 0.1) is 12.3 Å². The number of fused-ring (bicyclic) bond motifs is 4. The zero-order chi connectivity index (χ0) is 25.7. The fraction of sp³-hybridized carbons (Fsp3) is 0.375. The average molecular weight is 511 g/mol. The number of hydrogen-bond donors (Lipinski definition) is 0. The highest BCUT2D eigenvalue weighted by atomic mass is 32.1. The first kappa shape index (κ1) is 25.1. The van der Waals surface area contributed by atoms with Gasteiger partial charge in [-0.2, -0.15) is 0 Å². The van der Waals surface area contributed by atoms with Gasteiger partial charge in [0.15, 0.2) is 0 Å². The zero-order valence-electron chi connectivity index (χ0n) is 22.8. The molecule has 36 heavy (non-hydrogen) atoms. The quantitative estimate of drug-likeness (QED) is 0.213. The van der Waals surface area contributed by atoms with Crippen molar-refractivity contribution < 1.29 is 0 Å². The summed E-state index contributed by atoms with van der Waals surface area (Å²) in [6.07, 6.45) is 2.84. The Bertz CT molecular complexity index is 1560. The lowest BCUT2D eigenvalue weighted by molar-refractivity contribution is 0.410. The second-order valence-corrected chi connectivity index (χ2v) is 17.9. The van der Waals surface area contributed by atoms with Gasteiger partial charge in [0.05, 0.1) is 24.0 Å². The van der Waals surface area contributed by atoms with Crippen LogP contribution in [0.15, 0.2) is 54.9 Å². The highest BCUT2D eigenvalue weighted by molar-refractivity contribution is 7.26. The summed E-state index contributed by atoms with van der Waals surface area (Å²) in [5.41, 5.74) is 6.46. The molecule has 0 spiro atoms. The summed E-state index contributed by atoms with van der Waals surface area (Å²) in [5, 5.41) is 5.62. The highest BCUT2D eigenvalue weighted by Crippen LogP contribution is 2.40. The van der Waals surface area contributed by atoms with Crippen LogP contribution in [0.5, 0.6) is 0 Å². The molecule has 0 aliphatic rings. The van der Waals surface area contributed by atoms with E-state index in [0.29, 0.717) is 0 Å². The van der Waals surface area contributed by atoms with E-state index in [2.05, 4.69) is 97.0 Å². The van der Waals surface area contributed by atoms with Crippen molar-refractivity contribution in [1.29, 1.82) is 0 Å². The molecule has 0 saturated heterocycles. The maximum absolute atomic E-state index is 4.90. The third kappa shape index (κ3) is 4.29. The third-order valence-electron chi connectivity index (χ3n) is 8.17. The predicted octanol–water partition coefficient (Wildman–Crippen LogP) is 9.28. The Balaban J connectivity index is 1.77. The fourth-order valence-corrected chi connectivity index (χ4v) is 11.1. The van der Waals surface area contributed by atoms with Crippen molar-refractivity contribution in [3.05, 3.63) is 66.0 Å². The lowest BCUT2D eigenvalue weighted by Crippen LogP contribution is -2.46. The first-order chi connectivity index (χ1) is 17.2. The number of aryl methyl sites for hydroxylation is 1. The first-order valence-corrected chi connectivity index (χ1v) is 16.8. The summed E-state index contributed by atoms with van der Waals surface area (Å²) in [7, 11) is -1.60. The van der Waals surface area contributed by atoms with Crippen molar-refractivity contribution in [2.24, 2.45) is 5.41 Å². The number of benzene rings is 3.